The standard InChI is InChI=1S/C20H24N2O4S/c1-13-6-8-17(14(2)10-13)21-27(24,25)16-7-9-19-18(11-16)22(15(3)23)12-20(4,5)26-19/h6-11,21H,12H2,1-5H3. The fraction of sp³-hybridized carbons (Fsp3) is 0.350. The second kappa shape index (κ2) is 6.56. The van der Waals surface area contributed by atoms with E-state index in [1.54, 1.807) is 17.0 Å². The van der Waals surface area contributed by atoms with Crippen LogP contribution < -0.4 is 14.4 Å². The van der Waals surface area contributed by atoms with E-state index in [4.69, 9.17) is 4.74 Å². The molecule has 3 rings (SSSR count). The highest BCUT2D eigenvalue weighted by atomic mass is 32.2. The van der Waals surface area contributed by atoms with Gasteiger partial charge in [-0.05, 0) is 57.5 Å². The number of nitrogens with one attached hydrogen (secondary N) is 1. The average molecular weight is 388 g/mol. The van der Waals surface area contributed by atoms with E-state index in [9.17, 15) is 13.2 Å². The average Bonchev–Trinajstić information content (AvgIpc) is 2.55. The van der Waals surface area contributed by atoms with Crippen LogP contribution in [0, 0.1) is 13.8 Å². The number of aryl methyl sites for hydroxylation is 2. The number of rotatable bonds is 3. The zero-order chi connectivity index (χ0) is 20.0. The van der Waals surface area contributed by atoms with Crippen LogP contribution in [0.4, 0.5) is 11.4 Å². The van der Waals surface area contributed by atoms with Crippen LogP contribution in [0.15, 0.2) is 41.3 Å². The highest BCUT2D eigenvalue weighted by Crippen LogP contribution is 2.38. The molecule has 1 aliphatic heterocycles. The number of benzene rings is 2. The van der Waals surface area contributed by atoms with E-state index in [2.05, 4.69) is 4.72 Å². The predicted octanol–water partition coefficient (Wildman–Crippen LogP) is 3.63. The van der Waals surface area contributed by atoms with Crippen molar-refractivity contribution in [3.8, 4) is 5.75 Å². The fourth-order valence-electron chi connectivity index (χ4n) is 3.17. The highest BCUT2D eigenvalue weighted by molar-refractivity contribution is 7.92. The number of hydrogen-bond donors (Lipinski definition) is 1. The molecule has 0 atom stereocenters. The van der Waals surface area contributed by atoms with Crippen LogP contribution in [-0.2, 0) is 14.8 Å². The summed E-state index contributed by atoms with van der Waals surface area (Å²) in [7, 11) is -3.80. The second-order valence-electron chi connectivity index (χ2n) is 7.52. The van der Waals surface area contributed by atoms with Crippen LogP contribution in [0.2, 0.25) is 0 Å². The van der Waals surface area contributed by atoms with E-state index < -0.39 is 15.6 Å². The normalized spacial score (nSPS) is 15.7. The molecule has 0 spiro atoms. The number of sulfonamides is 1. The lowest BCUT2D eigenvalue weighted by atomic mass is 10.1. The van der Waals surface area contributed by atoms with Crippen molar-refractivity contribution in [2.45, 2.75) is 45.1 Å². The zero-order valence-corrected chi connectivity index (χ0v) is 17.0. The smallest absolute Gasteiger partial charge is 0.261 e. The number of fused-ring (bicyclic) bond motifs is 1. The summed E-state index contributed by atoms with van der Waals surface area (Å²) in [6.07, 6.45) is 0. The molecule has 0 saturated carbocycles. The van der Waals surface area contributed by atoms with Gasteiger partial charge in [-0.15, -0.1) is 0 Å². The van der Waals surface area contributed by atoms with Crippen LogP contribution in [0.25, 0.3) is 0 Å². The lowest BCUT2D eigenvalue weighted by molar-refractivity contribution is -0.117. The molecule has 0 saturated heterocycles. The Hall–Kier alpha value is -2.54. The van der Waals surface area contributed by atoms with Gasteiger partial charge in [-0.2, -0.15) is 0 Å². The van der Waals surface area contributed by atoms with Crippen molar-refractivity contribution in [3.05, 3.63) is 47.5 Å². The molecular formula is C20H24N2O4S. The Kier molecular flexibility index (Phi) is 4.67. The summed E-state index contributed by atoms with van der Waals surface area (Å²) in [5.74, 6) is 0.330. The first-order valence-electron chi connectivity index (χ1n) is 8.70. The summed E-state index contributed by atoms with van der Waals surface area (Å²) in [6.45, 7) is 9.39. The van der Waals surface area contributed by atoms with E-state index in [0.29, 0.717) is 23.7 Å². The first-order valence-corrected chi connectivity index (χ1v) is 10.2. The molecule has 2 aromatic carbocycles. The van der Waals surface area contributed by atoms with Crippen LogP contribution in [0.5, 0.6) is 5.75 Å². The van der Waals surface area contributed by atoms with Gasteiger partial charge in [0.05, 0.1) is 22.8 Å². The van der Waals surface area contributed by atoms with E-state index in [1.807, 2.05) is 39.8 Å². The van der Waals surface area contributed by atoms with Crippen molar-refractivity contribution in [2.75, 3.05) is 16.2 Å². The Bertz CT molecular complexity index is 1010. The third kappa shape index (κ3) is 3.93. The van der Waals surface area contributed by atoms with Crippen molar-refractivity contribution in [1.29, 1.82) is 0 Å². The van der Waals surface area contributed by atoms with Crippen LogP contribution in [0.1, 0.15) is 31.9 Å². The van der Waals surface area contributed by atoms with Gasteiger partial charge in [-0.25, -0.2) is 8.42 Å². The number of carbonyl (C=O) groups is 1. The van der Waals surface area contributed by atoms with Crippen molar-refractivity contribution in [1.82, 2.24) is 0 Å². The minimum atomic E-state index is -3.80. The molecule has 7 heteroatoms. The summed E-state index contributed by atoms with van der Waals surface area (Å²) in [6, 6.07) is 10.1. The molecule has 1 N–H and O–H groups in total. The van der Waals surface area contributed by atoms with Gasteiger partial charge in [0, 0.05) is 6.92 Å². The number of anilines is 2. The summed E-state index contributed by atoms with van der Waals surface area (Å²) >= 11 is 0. The number of nitrogens with zero attached hydrogens (tertiary/aromatic N) is 1. The minimum absolute atomic E-state index is 0.0794. The van der Waals surface area contributed by atoms with Gasteiger partial charge in [0.15, 0.2) is 0 Å². The monoisotopic (exact) mass is 388 g/mol. The lowest BCUT2D eigenvalue weighted by Gasteiger charge is -2.39. The Balaban J connectivity index is 2.00. The van der Waals surface area contributed by atoms with Gasteiger partial charge in [0.1, 0.15) is 11.4 Å². The number of carbonyl (C=O) groups excluding carboxylic acids is 1. The maximum Gasteiger partial charge on any atom is 0.261 e. The van der Waals surface area contributed by atoms with Crippen molar-refractivity contribution in [3.63, 3.8) is 0 Å². The topological polar surface area (TPSA) is 75.7 Å². The summed E-state index contributed by atoms with van der Waals surface area (Å²) < 4.78 is 34.3. The van der Waals surface area contributed by atoms with Crippen LogP contribution >= 0.6 is 0 Å². The van der Waals surface area contributed by atoms with E-state index in [0.717, 1.165) is 11.1 Å². The third-order valence-electron chi connectivity index (χ3n) is 4.46. The lowest BCUT2D eigenvalue weighted by Crippen LogP contribution is -2.48. The molecule has 0 aliphatic carbocycles. The highest BCUT2D eigenvalue weighted by Gasteiger charge is 2.34. The molecule has 1 aliphatic rings. The summed E-state index contributed by atoms with van der Waals surface area (Å²) in [5, 5.41) is 0. The summed E-state index contributed by atoms with van der Waals surface area (Å²) in [4.78, 5) is 13.7. The molecule has 6 nitrogen and oxygen atoms in total. The van der Waals surface area contributed by atoms with Gasteiger partial charge in [-0.3, -0.25) is 9.52 Å². The minimum Gasteiger partial charge on any atom is -0.484 e. The molecule has 27 heavy (non-hydrogen) atoms. The van der Waals surface area contributed by atoms with Crippen LogP contribution in [0.3, 0.4) is 0 Å². The molecule has 0 radical (unpaired) electrons. The maximum atomic E-state index is 12.9. The first kappa shape index (κ1) is 19.2. The maximum absolute atomic E-state index is 12.9. The molecule has 0 aromatic heterocycles. The molecule has 0 fully saturated rings. The Morgan fingerprint density at radius 3 is 2.48 bits per heavy atom. The van der Waals surface area contributed by atoms with Gasteiger partial charge in [-0.1, -0.05) is 17.7 Å². The molecule has 1 amide bonds. The zero-order valence-electron chi connectivity index (χ0n) is 16.2. The number of ether oxygens (including phenoxy) is 1. The first-order chi connectivity index (χ1) is 12.5. The van der Waals surface area contributed by atoms with Crippen molar-refractivity contribution >= 4 is 27.3 Å². The largest absolute Gasteiger partial charge is 0.484 e. The molecular weight excluding hydrogens is 364 g/mol. The van der Waals surface area contributed by atoms with Crippen LogP contribution in [-0.4, -0.2) is 26.5 Å². The molecule has 2 aromatic rings. The third-order valence-corrected chi connectivity index (χ3v) is 5.83. The Morgan fingerprint density at radius 2 is 1.85 bits per heavy atom. The van der Waals surface area contributed by atoms with E-state index >= 15 is 0 Å². The molecule has 1 heterocycles. The molecule has 144 valence electrons. The van der Waals surface area contributed by atoms with E-state index in [1.165, 1.54) is 19.1 Å². The Morgan fingerprint density at radius 1 is 1.15 bits per heavy atom. The van der Waals surface area contributed by atoms with Crippen molar-refractivity contribution in [2.24, 2.45) is 0 Å². The SMILES string of the molecule is CC(=O)N1CC(C)(C)Oc2ccc(S(=O)(=O)Nc3ccc(C)cc3C)cc21. The van der Waals surface area contributed by atoms with Gasteiger partial charge >= 0.3 is 0 Å². The molecule has 0 unspecified atom stereocenters. The predicted molar refractivity (Wildman–Crippen MR) is 106 cm³/mol. The van der Waals surface area contributed by atoms with Crippen molar-refractivity contribution < 1.29 is 17.9 Å². The number of hydrogen-bond acceptors (Lipinski definition) is 4. The quantitative estimate of drug-likeness (QED) is 0.871. The van der Waals surface area contributed by atoms with Gasteiger partial charge < -0.3 is 9.64 Å². The van der Waals surface area contributed by atoms with Gasteiger partial charge in [0.2, 0.25) is 5.91 Å². The van der Waals surface area contributed by atoms with Gasteiger partial charge in [0.25, 0.3) is 10.0 Å². The summed E-state index contributed by atoms with van der Waals surface area (Å²) in [5.41, 5.74) is 2.34. The Labute approximate surface area is 160 Å². The fourth-order valence-corrected chi connectivity index (χ4v) is 4.32. The van der Waals surface area contributed by atoms with E-state index in [-0.39, 0.29) is 10.8 Å². The number of amides is 1. The second-order valence-corrected chi connectivity index (χ2v) is 9.20. The molecule has 0 bridgehead atoms.